The molecular weight excluding hydrogens is 220 g/mol. The molecule has 0 fully saturated rings. The number of aryl methyl sites for hydroxylation is 1. The smallest absolute Gasteiger partial charge is 0.316 e. The first-order valence-corrected chi connectivity index (χ1v) is 5.46. The predicted octanol–water partition coefficient (Wildman–Crippen LogP) is 1.61. The molecule has 0 saturated carbocycles. The lowest BCUT2D eigenvalue weighted by Crippen LogP contribution is -2.30. The van der Waals surface area contributed by atoms with Crippen LogP contribution in [0.1, 0.15) is 22.3 Å². The van der Waals surface area contributed by atoms with E-state index in [0.29, 0.717) is 18.4 Å². The van der Waals surface area contributed by atoms with Crippen molar-refractivity contribution in [2.75, 3.05) is 14.2 Å². The number of ketones is 1. The molecule has 0 unspecified atom stereocenters. The third kappa shape index (κ3) is 2.02. The number of carbonyl (C=O) groups is 2. The van der Waals surface area contributed by atoms with Gasteiger partial charge in [-0.25, -0.2) is 0 Å². The number of hydrogen-bond acceptors (Lipinski definition) is 4. The van der Waals surface area contributed by atoms with Crippen LogP contribution in [0.4, 0.5) is 0 Å². The van der Waals surface area contributed by atoms with E-state index in [9.17, 15) is 9.59 Å². The highest BCUT2D eigenvalue weighted by Gasteiger charge is 2.33. The van der Waals surface area contributed by atoms with Crippen LogP contribution in [-0.4, -0.2) is 26.0 Å². The van der Waals surface area contributed by atoms with Gasteiger partial charge in [-0.05, 0) is 36.6 Å². The molecule has 17 heavy (non-hydrogen) atoms. The summed E-state index contributed by atoms with van der Waals surface area (Å²) in [6.07, 6.45) is 1.20. The van der Waals surface area contributed by atoms with E-state index in [4.69, 9.17) is 4.74 Å². The fourth-order valence-corrected chi connectivity index (χ4v) is 2.13. The molecule has 1 aliphatic carbocycles. The molecule has 0 saturated heterocycles. The molecule has 0 amide bonds. The van der Waals surface area contributed by atoms with Crippen molar-refractivity contribution in [3.63, 3.8) is 0 Å². The van der Waals surface area contributed by atoms with E-state index in [1.165, 1.54) is 7.11 Å². The number of ether oxygens (including phenoxy) is 2. The van der Waals surface area contributed by atoms with E-state index < -0.39 is 11.9 Å². The van der Waals surface area contributed by atoms with E-state index in [1.54, 1.807) is 19.2 Å². The zero-order valence-corrected chi connectivity index (χ0v) is 9.86. The largest absolute Gasteiger partial charge is 0.497 e. The Morgan fingerprint density at radius 3 is 2.76 bits per heavy atom. The van der Waals surface area contributed by atoms with Crippen molar-refractivity contribution in [3.05, 3.63) is 29.3 Å². The summed E-state index contributed by atoms with van der Waals surface area (Å²) in [4.78, 5) is 23.5. The molecule has 90 valence electrons. The Bertz CT molecular complexity index is 464. The van der Waals surface area contributed by atoms with E-state index in [-0.39, 0.29) is 5.78 Å². The van der Waals surface area contributed by atoms with Crippen LogP contribution >= 0.6 is 0 Å². The first kappa shape index (κ1) is 11.6. The number of Topliss-reactive ketones (excluding diaryl/α,β-unsaturated/α-hetero) is 1. The molecule has 0 bridgehead atoms. The van der Waals surface area contributed by atoms with Crippen LogP contribution in [0.3, 0.4) is 0 Å². The van der Waals surface area contributed by atoms with E-state index in [2.05, 4.69) is 4.74 Å². The summed E-state index contributed by atoms with van der Waals surface area (Å²) in [7, 11) is 2.89. The Kier molecular flexibility index (Phi) is 3.13. The molecule has 1 atom stereocenters. The topological polar surface area (TPSA) is 52.6 Å². The van der Waals surface area contributed by atoms with Crippen molar-refractivity contribution in [1.82, 2.24) is 0 Å². The average Bonchev–Trinajstić information content (AvgIpc) is 2.38. The molecular formula is C13H14O4. The van der Waals surface area contributed by atoms with Crippen LogP contribution in [0.25, 0.3) is 0 Å². The second-order valence-corrected chi connectivity index (χ2v) is 4.00. The van der Waals surface area contributed by atoms with Crippen molar-refractivity contribution in [3.8, 4) is 5.75 Å². The highest BCUT2D eigenvalue weighted by molar-refractivity contribution is 6.10. The number of rotatable bonds is 2. The lowest BCUT2D eigenvalue weighted by molar-refractivity contribution is -0.143. The minimum absolute atomic E-state index is 0.152. The van der Waals surface area contributed by atoms with Gasteiger partial charge in [0.2, 0.25) is 0 Å². The van der Waals surface area contributed by atoms with Gasteiger partial charge in [-0.2, -0.15) is 0 Å². The predicted molar refractivity (Wildman–Crippen MR) is 61.2 cm³/mol. The van der Waals surface area contributed by atoms with Crippen LogP contribution in [0.5, 0.6) is 5.75 Å². The molecule has 0 heterocycles. The second kappa shape index (κ2) is 4.57. The van der Waals surface area contributed by atoms with Gasteiger partial charge in [-0.15, -0.1) is 0 Å². The van der Waals surface area contributed by atoms with Crippen molar-refractivity contribution in [2.24, 2.45) is 5.92 Å². The van der Waals surface area contributed by atoms with Gasteiger partial charge >= 0.3 is 5.97 Å². The summed E-state index contributed by atoms with van der Waals surface area (Å²) in [5.41, 5.74) is 1.54. The Balaban J connectivity index is 2.33. The van der Waals surface area contributed by atoms with Crippen molar-refractivity contribution >= 4 is 11.8 Å². The normalized spacial score (nSPS) is 18.5. The molecule has 0 aliphatic heterocycles. The summed E-state index contributed by atoms with van der Waals surface area (Å²) < 4.78 is 9.74. The standard InChI is InChI=1S/C13H14O4/c1-16-9-4-6-10-8(7-9)3-5-11(12(10)14)13(15)17-2/h4,6-7,11H,3,5H2,1-2H3/t11-/m0/s1. The van der Waals surface area contributed by atoms with Crippen molar-refractivity contribution in [2.45, 2.75) is 12.8 Å². The van der Waals surface area contributed by atoms with Gasteiger partial charge in [0.15, 0.2) is 5.78 Å². The quantitative estimate of drug-likeness (QED) is 0.576. The number of hydrogen-bond donors (Lipinski definition) is 0. The Labute approximate surface area is 99.5 Å². The van der Waals surface area contributed by atoms with Crippen LogP contribution in [0, 0.1) is 5.92 Å². The lowest BCUT2D eigenvalue weighted by Gasteiger charge is -2.21. The first-order chi connectivity index (χ1) is 8.17. The number of benzene rings is 1. The molecule has 1 aliphatic rings. The summed E-state index contributed by atoms with van der Waals surface area (Å²) in [5.74, 6) is -0.522. The van der Waals surface area contributed by atoms with Gasteiger partial charge in [0.05, 0.1) is 14.2 Å². The van der Waals surface area contributed by atoms with Gasteiger partial charge in [0.1, 0.15) is 11.7 Å². The maximum Gasteiger partial charge on any atom is 0.316 e. The van der Waals surface area contributed by atoms with Gasteiger partial charge in [-0.3, -0.25) is 9.59 Å². The second-order valence-electron chi connectivity index (χ2n) is 4.00. The molecule has 1 aromatic carbocycles. The molecule has 0 spiro atoms. The highest BCUT2D eigenvalue weighted by atomic mass is 16.5. The number of esters is 1. The van der Waals surface area contributed by atoms with Gasteiger partial charge < -0.3 is 9.47 Å². The maximum atomic E-state index is 12.1. The van der Waals surface area contributed by atoms with Crippen molar-refractivity contribution in [1.29, 1.82) is 0 Å². The lowest BCUT2D eigenvalue weighted by atomic mass is 9.82. The van der Waals surface area contributed by atoms with Crippen molar-refractivity contribution < 1.29 is 19.1 Å². The molecule has 4 heteroatoms. The van der Waals surface area contributed by atoms with Crippen LogP contribution < -0.4 is 4.74 Å². The monoisotopic (exact) mass is 234 g/mol. The van der Waals surface area contributed by atoms with Crippen LogP contribution in [0.15, 0.2) is 18.2 Å². The van der Waals surface area contributed by atoms with Gasteiger partial charge in [0, 0.05) is 5.56 Å². The summed E-state index contributed by atoms with van der Waals surface area (Å²) in [6, 6.07) is 5.29. The molecule has 0 aromatic heterocycles. The third-order valence-corrected chi connectivity index (χ3v) is 3.08. The third-order valence-electron chi connectivity index (χ3n) is 3.08. The zero-order valence-electron chi connectivity index (χ0n) is 9.86. The minimum Gasteiger partial charge on any atom is -0.497 e. The van der Waals surface area contributed by atoms with E-state index >= 15 is 0 Å². The fourth-order valence-electron chi connectivity index (χ4n) is 2.13. The molecule has 2 rings (SSSR count). The Morgan fingerprint density at radius 1 is 1.35 bits per heavy atom. The first-order valence-electron chi connectivity index (χ1n) is 5.46. The summed E-state index contributed by atoms with van der Waals surface area (Å²) in [5, 5.41) is 0. The van der Waals surface area contributed by atoms with Crippen LogP contribution in [0.2, 0.25) is 0 Å². The molecule has 4 nitrogen and oxygen atoms in total. The van der Waals surface area contributed by atoms with E-state index in [1.807, 2.05) is 6.07 Å². The number of carbonyl (C=O) groups excluding carboxylic acids is 2. The SMILES string of the molecule is COC(=O)[C@H]1CCc2cc(OC)ccc2C1=O. The highest BCUT2D eigenvalue weighted by Crippen LogP contribution is 2.29. The number of fused-ring (bicyclic) bond motifs is 1. The zero-order chi connectivity index (χ0) is 12.4. The van der Waals surface area contributed by atoms with Gasteiger partial charge in [-0.1, -0.05) is 0 Å². The molecule has 0 radical (unpaired) electrons. The van der Waals surface area contributed by atoms with Gasteiger partial charge in [0.25, 0.3) is 0 Å². The maximum absolute atomic E-state index is 12.1. The fraction of sp³-hybridized carbons (Fsp3) is 0.385. The van der Waals surface area contributed by atoms with E-state index in [0.717, 1.165) is 11.3 Å². The summed E-state index contributed by atoms with van der Waals surface area (Å²) >= 11 is 0. The Morgan fingerprint density at radius 2 is 2.12 bits per heavy atom. The Hall–Kier alpha value is -1.84. The van der Waals surface area contributed by atoms with Crippen LogP contribution in [-0.2, 0) is 16.0 Å². The minimum atomic E-state index is -0.652. The average molecular weight is 234 g/mol. The summed E-state index contributed by atoms with van der Waals surface area (Å²) in [6.45, 7) is 0. The molecule has 0 N–H and O–H groups in total. The number of methoxy groups -OCH3 is 2. The molecule has 1 aromatic rings.